The van der Waals surface area contributed by atoms with Gasteiger partial charge in [-0.15, -0.1) is 0 Å². The standard InChI is InChI=1S/C14H29NO2/c1-13(2,9-10-16)11-15-12-14(17)7-5-3-4-6-8-14/h15-17H,3-12H2,1-2H3. The maximum absolute atomic E-state index is 10.5. The highest BCUT2D eigenvalue weighted by molar-refractivity contribution is 4.84. The van der Waals surface area contributed by atoms with Gasteiger partial charge in [0.2, 0.25) is 0 Å². The fraction of sp³-hybridized carbons (Fsp3) is 1.00. The lowest BCUT2D eigenvalue weighted by molar-refractivity contribution is 0.0229. The van der Waals surface area contributed by atoms with Crippen LogP contribution in [0.3, 0.4) is 0 Å². The van der Waals surface area contributed by atoms with Crippen molar-refractivity contribution in [2.24, 2.45) is 5.41 Å². The second-order valence-electron chi connectivity index (χ2n) is 6.38. The molecule has 0 aliphatic heterocycles. The molecule has 0 saturated heterocycles. The minimum absolute atomic E-state index is 0.107. The lowest BCUT2D eigenvalue weighted by atomic mass is 9.88. The summed E-state index contributed by atoms with van der Waals surface area (Å²) in [6, 6.07) is 0. The molecule has 0 bridgehead atoms. The fourth-order valence-corrected chi connectivity index (χ4v) is 2.59. The van der Waals surface area contributed by atoms with Crippen molar-refractivity contribution >= 4 is 0 Å². The zero-order valence-electron chi connectivity index (χ0n) is 11.5. The van der Waals surface area contributed by atoms with Crippen LogP contribution in [0, 0.1) is 5.41 Å². The van der Waals surface area contributed by atoms with Crippen molar-refractivity contribution in [1.29, 1.82) is 0 Å². The molecule has 102 valence electrons. The van der Waals surface area contributed by atoms with Crippen molar-refractivity contribution in [3.05, 3.63) is 0 Å². The number of hydrogen-bond acceptors (Lipinski definition) is 3. The van der Waals surface area contributed by atoms with Gasteiger partial charge < -0.3 is 15.5 Å². The van der Waals surface area contributed by atoms with Crippen molar-refractivity contribution in [3.8, 4) is 0 Å². The SMILES string of the molecule is CC(C)(CCO)CNCC1(O)CCCCCC1. The summed E-state index contributed by atoms with van der Waals surface area (Å²) >= 11 is 0. The molecule has 0 radical (unpaired) electrons. The minimum atomic E-state index is -0.494. The van der Waals surface area contributed by atoms with E-state index in [2.05, 4.69) is 19.2 Å². The van der Waals surface area contributed by atoms with Gasteiger partial charge in [-0.25, -0.2) is 0 Å². The highest BCUT2D eigenvalue weighted by Gasteiger charge is 2.28. The van der Waals surface area contributed by atoms with Gasteiger partial charge in [-0.3, -0.25) is 0 Å². The topological polar surface area (TPSA) is 52.5 Å². The van der Waals surface area contributed by atoms with Crippen LogP contribution >= 0.6 is 0 Å². The number of hydrogen-bond donors (Lipinski definition) is 3. The van der Waals surface area contributed by atoms with E-state index < -0.39 is 5.60 Å². The summed E-state index contributed by atoms with van der Waals surface area (Å²) in [4.78, 5) is 0. The molecule has 3 nitrogen and oxygen atoms in total. The molecule has 1 rings (SSSR count). The zero-order valence-corrected chi connectivity index (χ0v) is 11.5. The Kier molecular flexibility index (Phi) is 5.90. The van der Waals surface area contributed by atoms with Gasteiger partial charge in [0.15, 0.2) is 0 Å². The van der Waals surface area contributed by atoms with Gasteiger partial charge in [0, 0.05) is 19.7 Å². The van der Waals surface area contributed by atoms with Gasteiger partial charge in [0.05, 0.1) is 5.60 Å². The highest BCUT2D eigenvalue weighted by atomic mass is 16.3. The molecule has 1 fully saturated rings. The van der Waals surface area contributed by atoms with Gasteiger partial charge in [-0.1, -0.05) is 39.5 Å². The van der Waals surface area contributed by atoms with Crippen molar-refractivity contribution in [2.45, 2.75) is 64.4 Å². The average Bonchev–Trinajstić information content (AvgIpc) is 2.43. The monoisotopic (exact) mass is 243 g/mol. The number of aliphatic hydroxyl groups excluding tert-OH is 1. The molecule has 0 atom stereocenters. The molecule has 0 aromatic carbocycles. The molecule has 0 heterocycles. The van der Waals surface area contributed by atoms with Crippen molar-refractivity contribution in [1.82, 2.24) is 5.32 Å². The van der Waals surface area contributed by atoms with E-state index in [4.69, 9.17) is 5.11 Å². The predicted octanol–water partition coefficient (Wildman–Crippen LogP) is 2.07. The van der Waals surface area contributed by atoms with Crippen LogP contribution in [0.2, 0.25) is 0 Å². The first-order valence-electron chi connectivity index (χ1n) is 7.01. The summed E-state index contributed by atoms with van der Waals surface area (Å²) in [7, 11) is 0. The number of nitrogens with one attached hydrogen (secondary N) is 1. The Morgan fingerprint density at radius 1 is 1.12 bits per heavy atom. The molecule has 17 heavy (non-hydrogen) atoms. The molecular weight excluding hydrogens is 214 g/mol. The average molecular weight is 243 g/mol. The fourth-order valence-electron chi connectivity index (χ4n) is 2.59. The maximum Gasteiger partial charge on any atom is 0.0771 e. The van der Waals surface area contributed by atoms with Crippen molar-refractivity contribution < 1.29 is 10.2 Å². The van der Waals surface area contributed by atoms with Crippen molar-refractivity contribution in [3.63, 3.8) is 0 Å². The minimum Gasteiger partial charge on any atom is -0.396 e. The van der Waals surface area contributed by atoms with Gasteiger partial charge in [0.25, 0.3) is 0 Å². The summed E-state index contributed by atoms with van der Waals surface area (Å²) in [5, 5.41) is 22.8. The van der Waals surface area contributed by atoms with Gasteiger partial charge in [0.1, 0.15) is 0 Å². The van der Waals surface area contributed by atoms with E-state index in [-0.39, 0.29) is 12.0 Å². The van der Waals surface area contributed by atoms with Crippen LogP contribution in [0.15, 0.2) is 0 Å². The highest BCUT2D eigenvalue weighted by Crippen LogP contribution is 2.26. The Hall–Kier alpha value is -0.120. The van der Waals surface area contributed by atoms with Gasteiger partial charge in [-0.2, -0.15) is 0 Å². The largest absolute Gasteiger partial charge is 0.396 e. The van der Waals surface area contributed by atoms with E-state index >= 15 is 0 Å². The lowest BCUT2D eigenvalue weighted by Crippen LogP contribution is -2.43. The Morgan fingerprint density at radius 2 is 1.71 bits per heavy atom. The van der Waals surface area contributed by atoms with Crippen LogP contribution in [-0.2, 0) is 0 Å². The van der Waals surface area contributed by atoms with Crippen LogP contribution in [-0.4, -0.2) is 35.5 Å². The Labute approximate surface area is 106 Å². The van der Waals surface area contributed by atoms with Crippen LogP contribution < -0.4 is 5.32 Å². The van der Waals surface area contributed by atoms with E-state index in [1.54, 1.807) is 0 Å². The van der Waals surface area contributed by atoms with E-state index in [0.29, 0.717) is 6.54 Å². The molecule has 0 aromatic rings. The second-order valence-corrected chi connectivity index (χ2v) is 6.38. The zero-order chi connectivity index (χ0) is 12.8. The quantitative estimate of drug-likeness (QED) is 0.626. The number of aliphatic hydroxyl groups is 2. The van der Waals surface area contributed by atoms with E-state index in [0.717, 1.165) is 38.6 Å². The molecular formula is C14H29NO2. The second kappa shape index (κ2) is 6.72. The summed E-state index contributed by atoms with van der Waals surface area (Å²) in [6.07, 6.45) is 7.49. The molecule has 1 aliphatic carbocycles. The first-order chi connectivity index (χ1) is 7.97. The van der Waals surface area contributed by atoms with Crippen LogP contribution in [0.4, 0.5) is 0 Å². The summed E-state index contributed by atoms with van der Waals surface area (Å²) in [6.45, 7) is 6.08. The first-order valence-corrected chi connectivity index (χ1v) is 7.01. The van der Waals surface area contributed by atoms with Crippen molar-refractivity contribution in [2.75, 3.05) is 19.7 Å². The summed E-state index contributed by atoms with van der Waals surface area (Å²) in [5.41, 5.74) is -0.387. The van der Waals surface area contributed by atoms with Crippen LogP contribution in [0.25, 0.3) is 0 Å². The Morgan fingerprint density at radius 3 is 2.24 bits per heavy atom. The summed E-state index contributed by atoms with van der Waals surface area (Å²) in [5.74, 6) is 0. The third-order valence-electron chi connectivity index (χ3n) is 3.88. The Balaban J connectivity index is 2.28. The van der Waals surface area contributed by atoms with Gasteiger partial charge in [-0.05, 0) is 24.7 Å². The molecule has 3 heteroatoms. The molecule has 1 saturated carbocycles. The molecule has 0 aromatic heterocycles. The molecule has 3 N–H and O–H groups in total. The van der Waals surface area contributed by atoms with Gasteiger partial charge >= 0.3 is 0 Å². The molecule has 0 unspecified atom stereocenters. The predicted molar refractivity (Wildman–Crippen MR) is 71.0 cm³/mol. The third kappa shape index (κ3) is 5.84. The van der Waals surface area contributed by atoms with Crippen LogP contribution in [0.5, 0.6) is 0 Å². The smallest absolute Gasteiger partial charge is 0.0771 e. The van der Waals surface area contributed by atoms with Crippen LogP contribution in [0.1, 0.15) is 58.8 Å². The lowest BCUT2D eigenvalue weighted by Gasteiger charge is -2.30. The normalized spacial score (nSPS) is 21.2. The molecule has 1 aliphatic rings. The van der Waals surface area contributed by atoms with E-state index in [1.165, 1.54) is 12.8 Å². The molecule has 0 spiro atoms. The third-order valence-corrected chi connectivity index (χ3v) is 3.88. The van der Waals surface area contributed by atoms with E-state index in [1.807, 2.05) is 0 Å². The molecule has 0 amide bonds. The summed E-state index contributed by atoms with van der Waals surface area (Å²) < 4.78 is 0. The van der Waals surface area contributed by atoms with E-state index in [9.17, 15) is 5.11 Å². The maximum atomic E-state index is 10.5. The first kappa shape index (κ1) is 14.9. The Bertz CT molecular complexity index is 208. The number of rotatable bonds is 6.